The van der Waals surface area contributed by atoms with Gasteiger partial charge in [-0.05, 0) is 17.8 Å². The summed E-state index contributed by atoms with van der Waals surface area (Å²) in [4.78, 5) is 19.4. The van der Waals surface area contributed by atoms with Gasteiger partial charge in [0.2, 0.25) is 0 Å². The van der Waals surface area contributed by atoms with Crippen molar-refractivity contribution in [2.75, 3.05) is 0 Å². The van der Waals surface area contributed by atoms with E-state index in [0.29, 0.717) is 11.8 Å². The second kappa shape index (κ2) is 4.39. The molecule has 8 heteroatoms. The molecule has 1 aromatic rings. The van der Waals surface area contributed by atoms with E-state index in [-0.39, 0.29) is 4.90 Å². The van der Waals surface area contributed by atoms with Gasteiger partial charge < -0.3 is 0 Å². The Labute approximate surface area is 87.6 Å². The van der Waals surface area contributed by atoms with E-state index in [1.165, 1.54) is 12.1 Å². The first-order valence-corrected chi connectivity index (χ1v) is 4.37. The Morgan fingerprint density at radius 3 is 2.40 bits per heavy atom. The van der Waals surface area contributed by atoms with E-state index in [1.807, 2.05) is 0 Å². The van der Waals surface area contributed by atoms with Crippen LogP contribution < -0.4 is 0 Å². The highest BCUT2D eigenvalue weighted by Crippen LogP contribution is 2.36. The number of benzene rings is 1. The maximum Gasteiger partial charge on any atom is 0.360 e. The lowest BCUT2D eigenvalue weighted by atomic mass is 10.3. The molecule has 0 aliphatic carbocycles. The summed E-state index contributed by atoms with van der Waals surface area (Å²) >= 11 is 0.521. The van der Waals surface area contributed by atoms with Crippen molar-refractivity contribution in [2.24, 2.45) is 0 Å². The van der Waals surface area contributed by atoms with Gasteiger partial charge in [0.25, 0.3) is 0 Å². The molecule has 1 aromatic carbocycles. The molecule has 0 saturated carbocycles. The van der Waals surface area contributed by atoms with E-state index < -0.39 is 21.2 Å². The van der Waals surface area contributed by atoms with E-state index in [1.54, 1.807) is 5.40 Å². The molecule has 0 saturated heterocycles. The molecule has 1 rings (SSSR count). The van der Waals surface area contributed by atoms with Crippen LogP contribution in [0.5, 0.6) is 0 Å². The Morgan fingerprint density at radius 2 is 1.93 bits per heavy atom. The fourth-order valence-electron chi connectivity index (χ4n) is 0.973. The molecule has 0 atom stereocenters. The number of hydrogen-bond acceptors (Lipinski definition) is 6. The molecule has 0 radical (unpaired) electrons. The molecule has 0 amide bonds. The van der Waals surface area contributed by atoms with Gasteiger partial charge in [-0.25, -0.2) is 0 Å². The Kier molecular flexibility index (Phi) is 3.20. The van der Waals surface area contributed by atoms with Gasteiger partial charge in [-0.1, -0.05) is 6.07 Å². The smallest absolute Gasteiger partial charge is 0.258 e. The lowest BCUT2D eigenvalue weighted by molar-refractivity contribution is -0.424. The van der Waals surface area contributed by atoms with Crippen LogP contribution in [0.4, 0.5) is 11.4 Å². The summed E-state index contributed by atoms with van der Waals surface area (Å²) in [5, 5.41) is 31.1. The van der Waals surface area contributed by atoms with E-state index in [0.717, 1.165) is 6.07 Å². The van der Waals surface area contributed by atoms with Crippen LogP contribution in [0.3, 0.4) is 0 Å². The van der Waals surface area contributed by atoms with E-state index in [4.69, 9.17) is 5.26 Å². The molecule has 7 nitrogen and oxygen atoms in total. The van der Waals surface area contributed by atoms with Gasteiger partial charge in [0.05, 0.1) is 9.85 Å². The second-order valence-electron chi connectivity index (χ2n) is 2.33. The maximum absolute atomic E-state index is 10.6. The number of nitriles is 1. The number of rotatable bonds is 3. The maximum atomic E-state index is 10.6. The topological polar surface area (TPSA) is 110 Å². The molecule has 76 valence electrons. The van der Waals surface area contributed by atoms with Gasteiger partial charge in [0.1, 0.15) is 10.3 Å². The summed E-state index contributed by atoms with van der Waals surface area (Å²) in [6.07, 6.45) is 0. The highest BCUT2D eigenvalue weighted by molar-refractivity contribution is 8.03. The van der Waals surface area contributed by atoms with Gasteiger partial charge in [-0.3, -0.25) is 20.2 Å². The van der Waals surface area contributed by atoms with Crippen molar-refractivity contribution in [1.82, 2.24) is 0 Å². The van der Waals surface area contributed by atoms with Crippen molar-refractivity contribution < 1.29 is 9.85 Å². The summed E-state index contributed by atoms with van der Waals surface area (Å²) in [5.74, 6) is 0. The zero-order valence-corrected chi connectivity index (χ0v) is 7.93. The summed E-state index contributed by atoms with van der Waals surface area (Å²) in [5.41, 5.74) is -1.26. The normalized spacial score (nSPS) is 9.27. The highest BCUT2D eigenvalue weighted by atomic mass is 32.2. The average Bonchev–Trinajstić information content (AvgIpc) is 2.17. The van der Waals surface area contributed by atoms with Gasteiger partial charge in [-0.15, -0.1) is 0 Å². The fraction of sp³-hybridized carbons (Fsp3) is 0. The third kappa shape index (κ3) is 2.21. The standard InChI is InChI=1S/C7H3N3O4S/c8-4-15-6-3-1-2-5(9(11)12)7(6)10(13)14/h1-3H. The summed E-state index contributed by atoms with van der Waals surface area (Å²) in [7, 11) is 0. The van der Waals surface area contributed by atoms with Crippen molar-refractivity contribution >= 4 is 23.1 Å². The molecule has 0 spiro atoms. The largest absolute Gasteiger partial charge is 0.360 e. The number of nitro groups is 2. The summed E-state index contributed by atoms with van der Waals surface area (Å²) in [6, 6.07) is 3.61. The van der Waals surface area contributed by atoms with Crippen LogP contribution in [-0.2, 0) is 0 Å². The van der Waals surface area contributed by atoms with E-state index in [9.17, 15) is 20.2 Å². The van der Waals surface area contributed by atoms with Crippen LogP contribution in [-0.4, -0.2) is 9.85 Å². The van der Waals surface area contributed by atoms with Crippen molar-refractivity contribution in [3.05, 3.63) is 38.4 Å². The van der Waals surface area contributed by atoms with Crippen molar-refractivity contribution in [3.63, 3.8) is 0 Å². The average molecular weight is 225 g/mol. The predicted octanol–water partition coefficient (Wildman–Crippen LogP) is 2.08. The van der Waals surface area contributed by atoms with Gasteiger partial charge in [0.15, 0.2) is 0 Å². The van der Waals surface area contributed by atoms with Crippen LogP contribution in [0.1, 0.15) is 0 Å². The third-order valence-electron chi connectivity index (χ3n) is 1.51. The second-order valence-corrected chi connectivity index (χ2v) is 3.16. The molecule has 15 heavy (non-hydrogen) atoms. The van der Waals surface area contributed by atoms with Crippen molar-refractivity contribution in [2.45, 2.75) is 4.90 Å². The fourth-order valence-corrected chi connectivity index (χ4v) is 1.49. The Hall–Kier alpha value is -2.14. The summed E-state index contributed by atoms with van der Waals surface area (Å²) < 4.78 is 0. The predicted molar refractivity (Wildman–Crippen MR) is 51.2 cm³/mol. The first-order chi connectivity index (χ1) is 7.07. The zero-order chi connectivity index (χ0) is 11.4. The number of nitro benzene ring substituents is 2. The molecular weight excluding hydrogens is 222 g/mol. The quantitative estimate of drug-likeness (QED) is 0.337. The minimum atomic E-state index is -0.863. The van der Waals surface area contributed by atoms with Crippen molar-refractivity contribution in [1.29, 1.82) is 5.26 Å². The molecule has 0 bridgehead atoms. The monoisotopic (exact) mass is 225 g/mol. The van der Waals surface area contributed by atoms with Crippen LogP contribution in [0.2, 0.25) is 0 Å². The van der Waals surface area contributed by atoms with Gasteiger partial charge in [0, 0.05) is 6.07 Å². The lowest BCUT2D eigenvalue weighted by Gasteiger charge is -1.97. The van der Waals surface area contributed by atoms with Crippen molar-refractivity contribution in [3.8, 4) is 5.40 Å². The minimum absolute atomic E-state index is 0.0308. The number of para-hydroxylation sites is 1. The van der Waals surface area contributed by atoms with Crippen LogP contribution in [0, 0.1) is 30.9 Å². The third-order valence-corrected chi connectivity index (χ3v) is 2.15. The number of thioether (sulfide) groups is 1. The first kappa shape index (κ1) is 10.9. The van der Waals surface area contributed by atoms with E-state index in [2.05, 4.69) is 0 Å². The molecule has 0 unspecified atom stereocenters. The SMILES string of the molecule is N#CSc1cccc([N+](=O)[O-])c1[N+](=O)[O-]. The highest BCUT2D eigenvalue weighted by Gasteiger charge is 2.28. The first-order valence-electron chi connectivity index (χ1n) is 3.55. The Balaban J connectivity index is 3.43. The minimum Gasteiger partial charge on any atom is -0.258 e. The van der Waals surface area contributed by atoms with Gasteiger partial charge in [-0.2, -0.15) is 5.26 Å². The number of thiocyanates is 1. The van der Waals surface area contributed by atoms with Crippen LogP contribution in [0.25, 0.3) is 0 Å². The summed E-state index contributed by atoms with van der Waals surface area (Å²) in [6.45, 7) is 0. The molecule has 0 fully saturated rings. The number of hydrogen-bond donors (Lipinski definition) is 0. The molecular formula is C7H3N3O4S. The molecule has 0 aliphatic rings. The zero-order valence-electron chi connectivity index (χ0n) is 7.11. The van der Waals surface area contributed by atoms with Crippen LogP contribution in [0.15, 0.2) is 23.1 Å². The molecule has 0 N–H and O–H groups in total. The molecule has 0 aliphatic heterocycles. The Morgan fingerprint density at radius 1 is 1.27 bits per heavy atom. The van der Waals surface area contributed by atoms with Gasteiger partial charge >= 0.3 is 11.4 Å². The number of nitrogens with zero attached hydrogens (tertiary/aromatic N) is 3. The van der Waals surface area contributed by atoms with Crippen LogP contribution >= 0.6 is 11.8 Å². The Bertz CT molecular complexity index is 468. The lowest BCUT2D eigenvalue weighted by Crippen LogP contribution is -1.97. The molecule has 0 heterocycles. The van der Waals surface area contributed by atoms with E-state index >= 15 is 0 Å². The molecule has 0 aromatic heterocycles.